The first-order valence-electron chi connectivity index (χ1n) is 6.76. The number of nitrogens with one attached hydrogen (secondary N) is 2. The number of rotatable bonds is 1. The number of H-pyrrole nitrogens is 2. The molecule has 4 aromatic rings. The summed E-state index contributed by atoms with van der Waals surface area (Å²) in [6.45, 7) is 4.21. The molecule has 0 aliphatic heterocycles. The van der Waals surface area contributed by atoms with E-state index in [0.717, 1.165) is 28.1 Å². The van der Waals surface area contributed by atoms with Gasteiger partial charge in [-0.2, -0.15) is 0 Å². The van der Waals surface area contributed by atoms with Gasteiger partial charge < -0.3 is 9.97 Å². The second kappa shape index (κ2) is 3.97. The van der Waals surface area contributed by atoms with E-state index in [1.807, 2.05) is 12.1 Å². The van der Waals surface area contributed by atoms with Crippen LogP contribution in [0.25, 0.3) is 33.5 Å². The monoisotopic (exact) mass is 261 g/mol. The van der Waals surface area contributed by atoms with Crippen molar-refractivity contribution in [2.45, 2.75) is 13.8 Å². The van der Waals surface area contributed by atoms with Gasteiger partial charge >= 0.3 is 0 Å². The zero-order valence-corrected chi connectivity index (χ0v) is 11.5. The summed E-state index contributed by atoms with van der Waals surface area (Å²) in [5.74, 6) is 0.893. The largest absolute Gasteiger partial charge is 0.352 e. The lowest BCUT2D eigenvalue weighted by molar-refractivity contribution is 1.28. The Kier molecular flexibility index (Phi) is 2.24. The minimum Gasteiger partial charge on any atom is -0.352 e. The molecule has 20 heavy (non-hydrogen) atoms. The number of benzene rings is 2. The van der Waals surface area contributed by atoms with Crippen molar-refractivity contribution < 1.29 is 0 Å². The van der Waals surface area contributed by atoms with Crippen LogP contribution in [-0.2, 0) is 0 Å². The van der Waals surface area contributed by atoms with Crippen molar-refractivity contribution in [2.24, 2.45) is 0 Å². The number of hydrogen-bond donors (Lipinski definition) is 2. The highest BCUT2D eigenvalue weighted by molar-refractivity contribution is 5.87. The van der Waals surface area contributed by atoms with Gasteiger partial charge in [0, 0.05) is 10.9 Å². The molecule has 2 aromatic carbocycles. The van der Waals surface area contributed by atoms with Gasteiger partial charge in [0.25, 0.3) is 0 Å². The molecular formula is C17H15N3. The third-order valence-electron chi connectivity index (χ3n) is 3.71. The van der Waals surface area contributed by atoms with E-state index in [1.54, 1.807) is 0 Å². The van der Waals surface area contributed by atoms with Gasteiger partial charge in [-0.25, -0.2) is 4.98 Å². The van der Waals surface area contributed by atoms with Gasteiger partial charge in [0.1, 0.15) is 0 Å². The van der Waals surface area contributed by atoms with Crippen LogP contribution < -0.4 is 0 Å². The van der Waals surface area contributed by atoms with Gasteiger partial charge in [0.05, 0.1) is 16.7 Å². The van der Waals surface area contributed by atoms with Crippen molar-refractivity contribution in [3.05, 3.63) is 53.6 Å². The van der Waals surface area contributed by atoms with Crippen LogP contribution in [0.5, 0.6) is 0 Å². The number of nitrogens with zero attached hydrogens (tertiary/aromatic N) is 1. The molecule has 3 heteroatoms. The summed E-state index contributed by atoms with van der Waals surface area (Å²) >= 11 is 0. The van der Waals surface area contributed by atoms with Gasteiger partial charge in [0.15, 0.2) is 5.82 Å². The second-order valence-corrected chi connectivity index (χ2v) is 5.33. The van der Waals surface area contributed by atoms with E-state index in [4.69, 9.17) is 4.98 Å². The maximum Gasteiger partial charge on any atom is 0.155 e. The van der Waals surface area contributed by atoms with Gasteiger partial charge in [-0.05, 0) is 43.2 Å². The smallest absolute Gasteiger partial charge is 0.155 e. The van der Waals surface area contributed by atoms with Crippen molar-refractivity contribution in [2.75, 3.05) is 0 Å². The van der Waals surface area contributed by atoms with E-state index in [-0.39, 0.29) is 0 Å². The van der Waals surface area contributed by atoms with Crippen molar-refractivity contribution >= 4 is 21.9 Å². The summed E-state index contributed by atoms with van der Waals surface area (Å²) in [7, 11) is 0. The second-order valence-electron chi connectivity index (χ2n) is 5.33. The Labute approximate surface area is 116 Å². The molecule has 0 bridgehead atoms. The number of hydrogen-bond acceptors (Lipinski definition) is 1. The number of imidazole rings is 1. The highest BCUT2D eigenvalue weighted by Gasteiger charge is 2.10. The summed E-state index contributed by atoms with van der Waals surface area (Å²) in [4.78, 5) is 11.6. The summed E-state index contributed by atoms with van der Waals surface area (Å²) in [6, 6.07) is 14.7. The molecule has 0 amide bonds. The summed E-state index contributed by atoms with van der Waals surface area (Å²) < 4.78 is 0. The minimum absolute atomic E-state index is 0.893. The normalized spacial score (nSPS) is 11.5. The minimum atomic E-state index is 0.893. The van der Waals surface area contributed by atoms with Crippen molar-refractivity contribution in [1.82, 2.24) is 15.0 Å². The van der Waals surface area contributed by atoms with Crippen LogP contribution in [0, 0.1) is 13.8 Å². The Balaban J connectivity index is 1.95. The fourth-order valence-electron chi connectivity index (χ4n) is 2.80. The fourth-order valence-corrected chi connectivity index (χ4v) is 2.80. The Morgan fingerprint density at radius 3 is 2.60 bits per heavy atom. The van der Waals surface area contributed by atoms with Crippen LogP contribution in [0.2, 0.25) is 0 Å². The predicted octanol–water partition coefficient (Wildman–Crippen LogP) is 4.33. The molecule has 0 aliphatic rings. The van der Waals surface area contributed by atoms with Gasteiger partial charge in [-0.1, -0.05) is 24.3 Å². The van der Waals surface area contributed by atoms with Gasteiger partial charge in [0.2, 0.25) is 0 Å². The average Bonchev–Trinajstić information content (AvgIpc) is 3.01. The number of fused-ring (bicyclic) bond motifs is 2. The highest BCUT2D eigenvalue weighted by Crippen LogP contribution is 2.26. The van der Waals surface area contributed by atoms with Crippen LogP contribution in [-0.4, -0.2) is 15.0 Å². The lowest BCUT2D eigenvalue weighted by Crippen LogP contribution is -1.79. The highest BCUT2D eigenvalue weighted by atomic mass is 15.0. The first kappa shape index (κ1) is 11.3. The number of aromatic amines is 2. The molecule has 2 N–H and O–H groups in total. The fraction of sp³-hybridized carbons (Fsp3) is 0.118. The van der Waals surface area contributed by atoms with Crippen LogP contribution >= 0.6 is 0 Å². The summed E-state index contributed by atoms with van der Waals surface area (Å²) in [5, 5.41) is 1.20. The molecule has 98 valence electrons. The summed E-state index contributed by atoms with van der Waals surface area (Å²) in [5.41, 5.74) is 6.76. The molecule has 0 saturated carbocycles. The quantitative estimate of drug-likeness (QED) is 0.526. The Bertz CT molecular complexity index is 895. The molecule has 0 radical (unpaired) electrons. The van der Waals surface area contributed by atoms with Crippen LogP contribution in [0.15, 0.2) is 42.5 Å². The maximum absolute atomic E-state index is 4.73. The molecule has 0 unspecified atom stereocenters. The molecule has 0 saturated heterocycles. The third kappa shape index (κ3) is 1.63. The number of para-hydroxylation sites is 1. The van der Waals surface area contributed by atoms with Crippen molar-refractivity contribution in [3.8, 4) is 11.5 Å². The van der Waals surface area contributed by atoms with Crippen LogP contribution in [0.3, 0.4) is 0 Å². The Morgan fingerprint density at radius 2 is 1.75 bits per heavy atom. The van der Waals surface area contributed by atoms with Crippen molar-refractivity contribution in [3.63, 3.8) is 0 Å². The van der Waals surface area contributed by atoms with Crippen LogP contribution in [0.1, 0.15) is 11.1 Å². The standard InChI is InChI=1S/C17H15N3/c1-10-7-11(2)16-14(8-10)19-17(20-16)15-9-12-5-3-4-6-13(12)18-15/h3-9,18H,1-2H3,(H,19,20). The zero-order valence-electron chi connectivity index (χ0n) is 11.5. The number of aryl methyl sites for hydroxylation is 2. The molecule has 3 nitrogen and oxygen atoms in total. The molecule has 0 fully saturated rings. The molecule has 0 aliphatic carbocycles. The lowest BCUT2D eigenvalue weighted by atomic mass is 10.1. The topological polar surface area (TPSA) is 44.5 Å². The Morgan fingerprint density at radius 1 is 0.900 bits per heavy atom. The predicted molar refractivity (Wildman–Crippen MR) is 82.9 cm³/mol. The molecule has 4 rings (SSSR count). The van der Waals surface area contributed by atoms with Crippen molar-refractivity contribution in [1.29, 1.82) is 0 Å². The lowest BCUT2D eigenvalue weighted by Gasteiger charge is -1.96. The maximum atomic E-state index is 4.73. The SMILES string of the molecule is Cc1cc(C)c2nc(-c3cc4ccccc4[nH]3)[nH]c2c1. The molecule has 0 atom stereocenters. The first-order valence-corrected chi connectivity index (χ1v) is 6.76. The van der Waals surface area contributed by atoms with E-state index < -0.39 is 0 Å². The van der Waals surface area contributed by atoms with Gasteiger partial charge in [-0.15, -0.1) is 0 Å². The molecular weight excluding hydrogens is 246 g/mol. The van der Waals surface area contributed by atoms with E-state index in [9.17, 15) is 0 Å². The molecule has 2 aromatic heterocycles. The molecule has 0 spiro atoms. The van der Waals surface area contributed by atoms with Crippen LogP contribution in [0.4, 0.5) is 0 Å². The average molecular weight is 261 g/mol. The van der Waals surface area contributed by atoms with E-state index >= 15 is 0 Å². The third-order valence-corrected chi connectivity index (χ3v) is 3.71. The first-order chi connectivity index (χ1) is 9.70. The summed E-state index contributed by atoms with van der Waals surface area (Å²) in [6.07, 6.45) is 0. The zero-order chi connectivity index (χ0) is 13.7. The molecule has 2 heterocycles. The van der Waals surface area contributed by atoms with E-state index in [1.165, 1.54) is 16.5 Å². The Hall–Kier alpha value is -2.55. The van der Waals surface area contributed by atoms with Gasteiger partial charge in [-0.3, -0.25) is 0 Å². The van der Waals surface area contributed by atoms with E-state index in [0.29, 0.717) is 0 Å². The number of aromatic nitrogens is 3. The van der Waals surface area contributed by atoms with E-state index in [2.05, 4.69) is 54.1 Å².